The Kier molecular flexibility index (Phi) is 2.32. The largest absolute Gasteiger partial charge is 0.381 e. The summed E-state index contributed by atoms with van der Waals surface area (Å²) in [6.07, 6.45) is 4.61. The number of pyridine rings is 1. The fourth-order valence-corrected chi connectivity index (χ4v) is 2.20. The van der Waals surface area contributed by atoms with Crippen LogP contribution in [-0.4, -0.2) is 11.0 Å². The zero-order valence-corrected chi connectivity index (χ0v) is 10.4. The molecule has 0 amide bonds. The predicted molar refractivity (Wildman–Crippen MR) is 72.2 cm³/mol. The van der Waals surface area contributed by atoms with Crippen molar-refractivity contribution in [2.24, 2.45) is 5.41 Å². The first-order valence-electron chi connectivity index (χ1n) is 6.29. The van der Waals surface area contributed by atoms with Crippen LogP contribution in [0.5, 0.6) is 0 Å². The van der Waals surface area contributed by atoms with Crippen molar-refractivity contribution in [1.29, 1.82) is 0 Å². The zero-order valence-electron chi connectivity index (χ0n) is 10.4. The molecule has 1 aliphatic carbocycles. The van der Waals surface area contributed by atoms with Gasteiger partial charge in [0.25, 0.3) is 0 Å². The van der Waals surface area contributed by atoms with E-state index in [4.69, 9.17) is 0 Å². The fraction of sp³-hybridized carbons (Fsp3) is 0.400. The SMILES string of the molecule is CC(Nc1cnc2ccccc2c1)C1(C)CC1. The highest BCUT2D eigenvalue weighted by atomic mass is 15.0. The number of anilines is 1. The second-order valence-electron chi connectivity index (χ2n) is 5.44. The normalized spacial score (nSPS) is 18.9. The highest BCUT2D eigenvalue weighted by molar-refractivity contribution is 5.81. The maximum absolute atomic E-state index is 4.47. The van der Waals surface area contributed by atoms with E-state index in [0.717, 1.165) is 11.2 Å². The van der Waals surface area contributed by atoms with Gasteiger partial charge in [-0.25, -0.2) is 0 Å². The second kappa shape index (κ2) is 3.73. The van der Waals surface area contributed by atoms with Crippen molar-refractivity contribution in [3.05, 3.63) is 36.5 Å². The average Bonchev–Trinajstić information content (AvgIpc) is 3.09. The topological polar surface area (TPSA) is 24.9 Å². The number of hydrogen-bond acceptors (Lipinski definition) is 2. The Bertz CT molecular complexity index is 543. The van der Waals surface area contributed by atoms with Crippen molar-refractivity contribution in [1.82, 2.24) is 4.98 Å². The predicted octanol–water partition coefficient (Wildman–Crippen LogP) is 3.84. The molecule has 1 heterocycles. The van der Waals surface area contributed by atoms with E-state index in [9.17, 15) is 0 Å². The van der Waals surface area contributed by atoms with Crippen molar-refractivity contribution in [3.63, 3.8) is 0 Å². The number of para-hydroxylation sites is 1. The van der Waals surface area contributed by atoms with Crippen molar-refractivity contribution in [3.8, 4) is 0 Å². The van der Waals surface area contributed by atoms with Gasteiger partial charge >= 0.3 is 0 Å². The minimum atomic E-state index is 0.492. The van der Waals surface area contributed by atoms with E-state index >= 15 is 0 Å². The van der Waals surface area contributed by atoms with Crippen LogP contribution in [0.3, 0.4) is 0 Å². The Morgan fingerprint density at radius 2 is 2.06 bits per heavy atom. The van der Waals surface area contributed by atoms with E-state index in [1.807, 2.05) is 18.3 Å². The quantitative estimate of drug-likeness (QED) is 0.860. The van der Waals surface area contributed by atoms with Gasteiger partial charge in [-0.2, -0.15) is 0 Å². The molecule has 1 saturated carbocycles. The van der Waals surface area contributed by atoms with E-state index in [-0.39, 0.29) is 0 Å². The molecule has 1 unspecified atom stereocenters. The van der Waals surface area contributed by atoms with Gasteiger partial charge in [0.1, 0.15) is 0 Å². The van der Waals surface area contributed by atoms with Crippen LogP contribution in [0.1, 0.15) is 26.7 Å². The summed E-state index contributed by atoms with van der Waals surface area (Å²) < 4.78 is 0. The Balaban J connectivity index is 1.85. The van der Waals surface area contributed by atoms with Gasteiger partial charge in [0, 0.05) is 11.4 Å². The van der Waals surface area contributed by atoms with Gasteiger partial charge < -0.3 is 5.32 Å². The molecule has 0 bridgehead atoms. The van der Waals surface area contributed by atoms with Crippen LogP contribution in [-0.2, 0) is 0 Å². The molecule has 1 N–H and O–H groups in total. The van der Waals surface area contributed by atoms with Crippen LogP contribution < -0.4 is 5.32 Å². The molecule has 17 heavy (non-hydrogen) atoms. The van der Waals surface area contributed by atoms with Gasteiger partial charge in [0.2, 0.25) is 0 Å². The third-order valence-electron chi connectivity index (χ3n) is 4.06. The minimum Gasteiger partial charge on any atom is -0.381 e. The van der Waals surface area contributed by atoms with Crippen LogP contribution in [0, 0.1) is 5.41 Å². The number of hydrogen-bond donors (Lipinski definition) is 1. The Morgan fingerprint density at radius 1 is 1.29 bits per heavy atom. The van der Waals surface area contributed by atoms with E-state index < -0.39 is 0 Å². The van der Waals surface area contributed by atoms with Crippen LogP contribution >= 0.6 is 0 Å². The monoisotopic (exact) mass is 226 g/mol. The van der Waals surface area contributed by atoms with Crippen LogP contribution in [0.25, 0.3) is 10.9 Å². The summed E-state index contributed by atoms with van der Waals surface area (Å²) in [6, 6.07) is 10.9. The summed E-state index contributed by atoms with van der Waals surface area (Å²) in [7, 11) is 0. The van der Waals surface area contributed by atoms with Gasteiger partial charge in [-0.05, 0) is 37.3 Å². The Labute approximate surface area is 102 Å². The van der Waals surface area contributed by atoms with Crippen molar-refractivity contribution >= 4 is 16.6 Å². The lowest BCUT2D eigenvalue weighted by molar-refractivity contribution is 0.493. The third kappa shape index (κ3) is 1.99. The zero-order chi connectivity index (χ0) is 11.9. The van der Waals surface area contributed by atoms with Gasteiger partial charge in [0.05, 0.1) is 17.4 Å². The molecule has 88 valence electrons. The molecule has 2 heteroatoms. The molecule has 3 rings (SSSR count). The van der Waals surface area contributed by atoms with Crippen LogP contribution in [0.15, 0.2) is 36.5 Å². The van der Waals surface area contributed by atoms with E-state index in [2.05, 4.69) is 42.3 Å². The van der Waals surface area contributed by atoms with Gasteiger partial charge in [-0.3, -0.25) is 4.98 Å². The molecule has 2 aromatic rings. The molecule has 0 aliphatic heterocycles. The van der Waals surface area contributed by atoms with Crippen LogP contribution in [0.4, 0.5) is 5.69 Å². The summed E-state index contributed by atoms with van der Waals surface area (Å²) in [6.45, 7) is 4.61. The first-order chi connectivity index (χ1) is 8.17. The first kappa shape index (κ1) is 10.6. The molecule has 0 saturated heterocycles. The molecule has 1 atom stereocenters. The second-order valence-corrected chi connectivity index (χ2v) is 5.44. The summed E-state index contributed by atoms with van der Waals surface area (Å²) in [5, 5.41) is 4.77. The standard InChI is InChI=1S/C15H18N2/c1-11(15(2)7-8-15)17-13-9-12-5-3-4-6-14(12)16-10-13/h3-6,9-11,17H,7-8H2,1-2H3. The van der Waals surface area contributed by atoms with E-state index in [1.165, 1.54) is 18.2 Å². The average molecular weight is 226 g/mol. The molecule has 1 aromatic carbocycles. The lowest BCUT2D eigenvalue weighted by Crippen LogP contribution is -2.24. The summed E-state index contributed by atoms with van der Waals surface area (Å²) in [5.41, 5.74) is 2.68. The first-order valence-corrected chi connectivity index (χ1v) is 6.29. The lowest BCUT2D eigenvalue weighted by Gasteiger charge is -2.21. The molecular weight excluding hydrogens is 208 g/mol. The number of aromatic nitrogens is 1. The lowest BCUT2D eigenvalue weighted by atomic mass is 10.0. The molecule has 1 aromatic heterocycles. The van der Waals surface area contributed by atoms with Gasteiger partial charge in [0.15, 0.2) is 0 Å². The molecular formula is C15H18N2. The van der Waals surface area contributed by atoms with E-state index in [1.54, 1.807) is 0 Å². The molecule has 1 fully saturated rings. The number of rotatable bonds is 3. The molecule has 0 radical (unpaired) electrons. The number of benzene rings is 1. The number of fused-ring (bicyclic) bond motifs is 1. The highest BCUT2D eigenvalue weighted by Crippen LogP contribution is 2.48. The summed E-state index contributed by atoms with van der Waals surface area (Å²) >= 11 is 0. The van der Waals surface area contributed by atoms with Gasteiger partial charge in [-0.15, -0.1) is 0 Å². The Morgan fingerprint density at radius 3 is 2.82 bits per heavy atom. The molecule has 0 spiro atoms. The smallest absolute Gasteiger partial charge is 0.0703 e. The number of nitrogens with one attached hydrogen (secondary N) is 1. The van der Waals surface area contributed by atoms with Crippen molar-refractivity contribution in [2.75, 3.05) is 5.32 Å². The number of nitrogens with zero attached hydrogens (tertiary/aromatic N) is 1. The van der Waals surface area contributed by atoms with Gasteiger partial charge in [-0.1, -0.05) is 25.1 Å². The summed E-state index contributed by atoms with van der Waals surface area (Å²) in [5.74, 6) is 0. The maximum atomic E-state index is 4.47. The van der Waals surface area contributed by atoms with Crippen molar-refractivity contribution in [2.45, 2.75) is 32.7 Å². The highest BCUT2D eigenvalue weighted by Gasteiger charge is 2.42. The molecule has 1 aliphatic rings. The fourth-order valence-electron chi connectivity index (χ4n) is 2.20. The maximum Gasteiger partial charge on any atom is 0.0703 e. The summed E-state index contributed by atoms with van der Waals surface area (Å²) in [4.78, 5) is 4.47. The minimum absolute atomic E-state index is 0.492. The molecule has 2 nitrogen and oxygen atoms in total. The van der Waals surface area contributed by atoms with Crippen LogP contribution in [0.2, 0.25) is 0 Å². The van der Waals surface area contributed by atoms with Crippen molar-refractivity contribution < 1.29 is 0 Å². The third-order valence-corrected chi connectivity index (χ3v) is 4.06. The Hall–Kier alpha value is -1.57. The van der Waals surface area contributed by atoms with E-state index in [0.29, 0.717) is 11.5 Å².